The number of benzene rings is 2. The Kier molecular flexibility index (Phi) is 12.5. The Bertz CT molecular complexity index is 838. The van der Waals surface area contributed by atoms with Crippen LogP contribution in [0.25, 0.3) is 0 Å². The Hall–Kier alpha value is -2.19. The minimum Gasteiger partial charge on any atom is -0.494 e. The van der Waals surface area contributed by atoms with E-state index in [-0.39, 0.29) is 73.1 Å². The van der Waals surface area contributed by atoms with Gasteiger partial charge in [0.2, 0.25) is 0 Å². The van der Waals surface area contributed by atoms with Gasteiger partial charge in [-0.15, -0.1) is 0 Å². The smallest absolute Gasteiger partial charge is 0.481 e. The Morgan fingerprint density at radius 3 is 1.46 bits per heavy atom. The van der Waals surface area contributed by atoms with Crippen LogP contribution in [0.5, 0.6) is 11.5 Å². The maximum Gasteiger partial charge on any atom is 0.481 e. The molecule has 0 saturated carbocycles. The van der Waals surface area contributed by atoms with Gasteiger partial charge >= 0.3 is 14.2 Å². The van der Waals surface area contributed by atoms with Crippen LogP contribution in [0.15, 0.2) is 36.4 Å². The summed E-state index contributed by atoms with van der Waals surface area (Å²) in [6, 6.07) is 9.40. The molecule has 0 aliphatic rings. The normalized spacial score (nSPS) is 12.8. The first kappa shape index (κ1) is 29.0. The molecule has 0 bridgehead atoms. The summed E-state index contributed by atoms with van der Waals surface area (Å²) in [5.41, 5.74) is 11.8. The molecule has 192 valence electrons. The first-order valence-electron chi connectivity index (χ1n) is 11.4. The highest BCUT2D eigenvalue weighted by atomic mass is 16.6. The van der Waals surface area contributed by atoms with Gasteiger partial charge in [-0.25, -0.2) is 0 Å². The molecule has 11 nitrogen and oxygen atoms in total. The van der Waals surface area contributed by atoms with Crippen LogP contribution in [-0.2, 0) is 4.57 Å². The molecule has 0 saturated heterocycles. The SMILES string of the molecule is NCC(O)c1cccc(OCCCO)c1B(O)OB(O)c1c(OCCCO)cccc1C(O)CN. The van der Waals surface area contributed by atoms with E-state index >= 15 is 0 Å². The molecule has 2 aromatic rings. The van der Waals surface area contributed by atoms with Crippen molar-refractivity contribution >= 4 is 25.2 Å². The van der Waals surface area contributed by atoms with Crippen molar-refractivity contribution in [3.8, 4) is 11.5 Å². The molecule has 0 aliphatic carbocycles. The van der Waals surface area contributed by atoms with E-state index in [1.165, 1.54) is 0 Å². The summed E-state index contributed by atoms with van der Waals surface area (Å²) in [5.74, 6) is 0.357. The van der Waals surface area contributed by atoms with Crippen molar-refractivity contribution in [3.05, 3.63) is 47.5 Å². The maximum absolute atomic E-state index is 11.0. The zero-order valence-electron chi connectivity index (χ0n) is 19.5. The van der Waals surface area contributed by atoms with E-state index in [1.807, 2.05) is 0 Å². The van der Waals surface area contributed by atoms with E-state index in [0.29, 0.717) is 12.8 Å². The van der Waals surface area contributed by atoms with E-state index in [0.717, 1.165) is 0 Å². The van der Waals surface area contributed by atoms with Crippen molar-refractivity contribution in [1.29, 1.82) is 0 Å². The molecule has 2 aromatic carbocycles. The zero-order valence-corrected chi connectivity index (χ0v) is 19.5. The van der Waals surface area contributed by atoms with E-state index in [1.54, 1.807) is 36.4 Å². The third-order valence-corrected chi connectivity index (χ3v) is 5.24. The van der Waals surface area contributed by atoms with Crippen molar-refractivity contribution in [2.45, 2.75) is 25.0 Å². The van der Waals surface area contributed by atoms with Crippen molar-refractivity contribution < 1.29 is 44.5 Å². The van der Waals surface area contributed by atoms with Crippen LogP contribution >= 0.6 is 0 Å². The van der Waals surface area contributed by atoms with Crippen molar-refractivity contribution in [1.82, 2.24) is 0 Å². The van der Waals surface area contributed by atoms with Gasteiger partial charge in [-0.05, 0) is 23.3 Å². The lowest BCUT2D eigenvalue weighted by atomic mass is 9.67. The third kappa shape index (κ3) is 7.90. The van der Waals surface area contributed by atoms with E-state index < -0.39 is 26.4 Å². The van der Waals surface area contributed by atoms with Crippen LogP contribution in [0.1, 0.15) is 36.2 Å². The van der Waals surface area contributed by atoms with Crippen LogP contribution in [0.2, 0.25) is 0 Å². The largest absolute Gasteiger partial charge is 0.494 e. The van der Waals surface area contributed by atoms with Crippen molar-refractivity contribution in [2.75, 3.05) is 39.5 Å². The molecule has 0 heterocycles. The lowest BCUT2D eigenvalue weighted by molar-refractivity contribution is 0.186. The molecule has 35 heavy (non-hydrogen) atoms. The van der Waals surface area contributed by atoms with Gasteiger partial charge in [-0.2, -0.15) is 0 Å². The second kappa shape index (κ2) is 15.0. The predicted octanol–water partition coefficient (Wildman–Crippen LogP) is -2.71. The summed E-state index contributed by atoms with van der Waals surface area (Å²) < 4.78 is 16.8. The highest BCUT2D eigenvalue weighted by molar-refractivity contribution is 6.74. The van der Waals surface area contributed by atoms with Crippen molar-refractivity contribution in [3.63, 3.8) is 0 Å². The average Bonchev–Trinajstić information content (AvgIpc) is 2.87. The second-order valence-electron chi connectivity index (χ2n) is 7.71. The molecule has 0 aromatic heterocycles. The Morgan fingerprint density at radius 1 is 0.714 bits per heavy atom. The fourth-order valence-corrected chi connectivity index (χ4v) is 3.49. The van der Waals surface area contributed by atoms with Crippen LogP contribution in [0, 0.1) is 0 Å². The fraction of sp³-hybridized carbons (Fsp3) is 0.455. The maximum atomic E-state index is 11.0. The quantitative estimate of drug-likeness (QED) is 0.0895. The van der Waals surface area contributed by atoms with Gasteiger partial charge in [0.15, 0.2) is 0 Å². The van der Waals surface area contributed by atoms with E-state index in [9.17, 15) is 20.3 Å². The molecule has 0 spiro atoms. The van der Waals surface area contributed by atoms with Gasteiger partial charge in [0, 0.05) is 50.1 Å². The minimum absolute atomic E-state index is 0.0574. The van der Waals surface area contributed by atoms with Gasteiger partial charge in [0.05, 0.1) is 25.4 Å². The number of hydrogen-bond acceptors (Lipinski definition) is 11. The van der Waals surface area contributed by atoms with Gasteiger partial charge in [0.1, 0.15) is 11.5 Å². The van der Waals surface area contributed by atoms with Gasteiger partial charge in [-0.1, -0.05) is 24.3 Å². The summed E-state index contributed by atoms with van der Waals surface area (Å²) in [6.45, 7) is -0.215. The molecular formula is C22H34B2N2O9. The van der Waals surface area contributed by atoms with Crippen LogP contribution < -0.4 is 31.9 Å². The molecule has 13 heteroatoms. The number of hydrogen-bond donors (Lipinski definition) is 8. The van der Waals surface area contributed by atoms with Crippen molar-refractivity contribution in [2.24, 2.45) is 11.5 Å². The van der Waals surface area contributed by atoms with Crippen LogP contribution in [0.3, 0.4) is 0 Å². The number of rotatable bonds is 16. The van der Waals surface area contributed by atoms with Gasteiger partial charge in [-0.3, -0.25) is 0 Å². The lowest BCUT2D eigenvalue weighted by Crippen LogP contribution is -2.48. The van der Waals surface area contributed by atoms with Gasteiger partial charge < -0.3 is 56.0 Å². The number of nitrogens with two attached hydrogens (primary N) is 2. The average molecular weight is 492 g/mol. The first-order valence-corrected chi connectivity index (χ1v) is 11.4. The molecule has 0 radical (unpaired) electrons. The summed E-state index contributed by atoms with van der Waals surface area (Å²) in [5, 5.41) is 60.8. The molecular weight excluding hydrogens is 458 g/mol. The monoisotopic (exact) mass is 492 g/mol. The zero-order chi connectivity index (χ0) is 25.8. The Labute approximate surface area is 205 Å². The summed E-state index contributed by atoms with van der Waals surface area (Å²) >= 11 is 0. The molecule has 2 atom stereocenters. The number of ether oxygens (including phenoxy) is 2. The van der Waals surface area contributed by atoms with E-state index in [2.05, 4.69) is 0 Å². The molecule has 0 fully saturated rings. The Morgan fingerprint density at radius 2 is 1.11 bits per heavy atom. The highest BCUT2D eigenvalue weighted by Crippen LogP contribution is 2.21. The fourth-order valence-electron chi connectivity index (χ4n) is 3.49. The lowest BCUT2D eigenvalue weighted by Gasteiger charge is -2.23. The summed E-state index contributed by atoms with van der Waals surface area (Å²) in [6.07, 6.45) is -1.63. The first-order chi connectivity index (χ1) is 16.9. The second-order valence-corrected chi connectivity index (χ2v) is 7.71. The molecule has 2 unspecified atom stereocenters. The summed E-state index contributed by atoms with van der Waals surface area (Å²) in [4.78, 5) is 0. The molecule has 2 rings (SSSR count). The molecule has 0 aliphatic heterocycles. The van der Waals surface area contributed by atoms with Crippen LogP contribution in [-0.4, -0.2) is 84.2 Å². The molecule has 0 amide bonds. The third-order valence-electron chi connectivity index (χ3n) is 5.24. The van der Waals surface area contributed by atoms with Crippen LogP contribution in [0.4, 0.5) is 0 Å². The highest BCUT2D eigenvalue weighted by Gasteiger charge is 2.35. The Balaban J connectivity index is 2.43. The number of aliphatic hydroxyl groups excluding tert-OH is 4. The molecule has 10 N–H and O–H groups in total. The predicted molar refractivity (Wildman–Crippen MR) is 132 cm³/mol. The van der Waals surface area contributed by atoms with Gasteiger partial charge in [0.25, 0.3) is 0 Å². The van der Waals surface area contributed by atoms with E-state index in [4.69, 9.17) is 35.7 Å². The number of aliphatic hydroxyl groups is 4. The topological polar surface area (TPSA) is 201 Å². The standard InChI is InChI=1S/C22H34B2N2O9/c25-13-17(29)15-5-1-7-19(33-11-3-9-27)21(15)23(31)35-24(32)22-16(18(30)14-26)6-2-8-20(22)34-12-4-10-28/h1-2,5-8,17-18,27-32H,3-4,9-14,25-26H2. The summed E-state index contributed by atoms with van der Waals surface area (Å²) in [7, 11) is -3.56. The minimum atomic E-state index is -1.78.